The number of aromatic nitrogens is 4. The Kier molecular flexibility index (Phi) is 4.59. The molecule has 2 rings (SSSR count). The number of rotatable bonds is 6. The first kappa shape index (κ1) is 15.7. The Bertz CT molecular complexity index is 688. The molecule has 2 heterocycles. The van der Waals surface area contributed by atoms with Crippen LogP contribution in [0.5, 0.6) is 0 Å². The normalized spacial score (nSPS) is 10.7. The maximum absolute atomic E-state index is 12.5. The highest BCUT2D eigenvalue weighted by molar-refractivity contribution is 5.92. The molecule has 8 heteroatoms. The van der Waals surface area contributed by atoms with Gasteiger partial charge in [-0.3, -0.25) is 19.0 Å². The molecule has 0 unspecified atom stereocenters. The molecule has 8 nitrogen and oxygen atoms in total. The van der Waals surface area contributed by atoms with E-state index in [-0.39, 0.29) is 18.9 Å². The van der Waals surface area contributed by atoms with E-state index >= 15 is 0 Å². The summed E-state index contributed by atoms with van der Waals surface area (Å²) in [6, 6.07) is 1.59. The summed E-state index contributed by atoms with van der Waals surface area (Å²) in [4.78, 5) is 24.7. The van der Waals surface area contributed by atoms with Crippen LogP contribution in [0.15, 0.2) is 18.5 Å². The minimum atomic E-state index is -0.923. The Balaban J connectivity index is 2.09. The number of carboxylic acid groups (broad SMARTS) is 1. The standard InChI is InChI=1S/C14H19N5O3/c1-10-11(9-18(3)16-10)8-17(2)14(22)12-4-6-15-19(12)7-5-13(20)21/h4,6,9H,5,7-8H2,1-3H3,(H,20,21). The summed E-state index contributed by atoms with van der Waals surface area (Å²) in [5, 5.41) is 17.0. The number of carbonyl (C=O) groups excluding carboxylic acids is 1. The number of carbonyl (C=O) groups is 2. The largest absolute Gasteiger partial charge is 0.481 e. The molecule has 0 saturated carbocycles. The molecule has 0 bridgehead atoms. The highest BCUT2D eigenvalue weighted by atomic mass is 16.4. The van der Waals surface area contributed by atoms with Crippen molar-refractivity contribution in [1.29, 1.82) is 0 Å². The first-order valence-corrected chi connectivity index (χ1v) is 6.86. The maximum Gasteiger partial charge on any atom is 0.305 e. The van der Waals surface area contributed by atoms with Crippen molar-refractivity contribution in [3.05, 3.63) is 35.4 Å². The monoisotopic (exact) mass is 305 g/mol. The summed E-state index contributed by atoms with van der Waals surface area (Å²) >= 11 is 0. The second kappa shape index (κ2) is 6.42. The van der Waals surface area contributed by atoms with Crippen LogP contribution in [0, 0.1) is 6.92 Å². The fourth-order valence-corrected chi connectivity index (χ4v) is 2.22. The zero-order valence-corrected chi connectivity index (χ0v) is 12.9. The van der Waals surface area contributed by atoms with Crippen molar-refractivity contribution in [2.45, 2.75) is 26.4 Å². The molecule has 0 atom stereocenters. The molecule has 22 heavy (non-hydrogen) atoms. The molecule has 0 aromatic carbocycles. The van der Waals surface area contributed by atoms with Crippen LogP contribution in [0.2, 0.25) is 0 Å². The molecule has 0 fully saturated rings. The Hall–Kier alpha value is -2.64. The first-order valence-electron chi connectivity index (χ1n) is 6.86. The third-order valence-corrected chi connectivity index (χ3v) is 3.34. The summed E-state index contributed by atoms with van der Waals surface area (Å²) in [5.41, 5.74) is 2.22. The van der Waals surface area contributed by atoms with Gasteiger partial charge in [-0.2, -0.15) is 10.2 Å². The van der Waals surface area contributed by atoms with Crippen LogP contribution >= 0.6 is 0 Å². The zero-order valence-electron chi connectivity index (χ0n) is 12.9. The first-order chi connectivity index (χ1) is 10.4. The predicted molar refractivity (Wildman–Crippen MR) is 78.2 cm³/mol. The lowest BCUT2D eigenvalue weighted by molar-refractivity contribution is -0.137. The van der Waals surface area contributed by atoms with Crippen molar-refractivity contribution >= 4 is 11.9 Å². The molecule has 0 radical (unpaired) electrons. The Labute approximate surface area is 127 Å². The van der Waals surface area contributed by atoms with Crippen molar-refractivity contribution < 1.29 is 14.7 Å². The van der Waals surface area contributed by atoms with E-state index in [4.69, 9.17) is 5.11 Å². The van der Waals surface area contributed by atoms with E-state index in [2.05, 4.69) is 10.2 Å². The Morgan fingerprint density at radius 1 is 1.41 bits per heavy atom. The molecule has 118 valence electrons. The number of aliphatic carboxylic acids is 1. The smallest absolute Gasteiger partial charge is 0.305 e. The molecule has 1 amide bonds. The average Bonchev–Trinajstić information content (AvgIpc) is 3.02. The summed E-state index contributed by atoms with van der Waals surface area (Å²) in [6.45, 7) is 2.50. The van der Waals surface area contributed by atoms with Crippen molar-refractivity contribution in [1.82, 2.24) is 24.5 Å². The van der Waals surface area contributed by atoms with Gasteiger partial charge >= 0.3 is 5.97 Å². The molecule has 2 aromatic heterocycles. The number of carboxylic acids is 1. The van der Waals surface area contributed by atoms with Crippen LogP contribution in [0.4, 0.5) is 0 Å². The molecule has 0 aliphatic carbocycles. The number of hydrogen-bond acceptors (Lipinski definition) is 4. The average molecular weight is 305 g/mol. The van der Waals surface area contributed by atoms with Crippen LogP contribution in [-0.2, 0) is 24.9 Å². The third-order valence-electron chi connectivity index (χ3n) is 3.34. The minimum Gasteiger partial charge on any atom is -0.481 e. The van der Waals surface area contributed by atoms with E-state index in [1.54, 1.807) is 22.7 Å². The second-order valence-electron chi connectivity index (χ2n) is 5.16. The van der Waals surface area contributed by atoms with E-state index in [1.165, 1.54) is 10.9 Å². The van der Waals surface area contributed by atoms with E-state index in [0.29, 0.717) is 12.2 Å². The molecule has 1 N–H and O–H groups in total. The fraction of sp³-hybridized carbons (Fsp3) is 0.429. The van der Waals surface area contributed by atoms with Gasteiger partial charge in [0.1, 0.15) is 5.69 Å². The van der Waals surface area contributed by atoms with E-state index < -0.39 is 5.97 Å². The minimum absolute atomic E-state index is 0.0760. The number of nitrogens with zero attached hydrogens (tertiary/aromatic N) is 5. The van der Waals surface area contributed by atoms with Gasteiger partial charge in [0.05, 0.1) is 18.7 Å². The van der Waals surface area contributed by atoms with E-state index in [0.717, 1.165) is 11.3 Å². The van der Waals surface area contributed by atoms with Crippen LogP contribution in [0.25, 0.3) is 0 Å². The summed E-state index contributed by atoms with van der Waals surface area (Å²) in [5.74, 6) is -1.13. The lowest BCUT2D eigenvalue weighted by Gasteiger charge is -2.17. The highest BCUT2D eigenvalue weighted by Crippen LogP contribution is 2.11. The van der Waals surface area contributed by atoms with Gasteiger partial charge in [0.2, 0.25) is 0 Å². The Morgan fingerprint density at radius 2 is 2.14 bits per heavy atom. The SMILES string of the molecule is Cc1nn(C)cc1CN(C)C(=O)c1ccnn1CCC(=O)O. The van der Waals surface area contributed by atoms with E-state index in [9.17, 15) is 9.59 Å². The van der Waals surface area contributed by atoms with Crippen LogP contribution in [0.3, 0.4) is 0 Å². The van der Waals surface area contributed by atoms with Gasteiger partial charge in [0, 0.05) is 38.6 Å². The Morgan fingerprint density at radius 3 is 2.73 bits per heavy atom. The topological polar surface area (TPSA) is 93.3 Å². The lowest BCUT2D eigenvalue weighted by Crippen LogP contribution is -2.29. The van der Waals surface area contributed by atoms with Crippen LogP contribution in [-0.4, -0.2) is 48.5 Å². The van der Waals surface area contributed by atoms with Gasteiger partial charge in [-0.25, -0.2) is 0 Å². The zero-order chi connectivity index (χ0) is 16.3. The number of aryl methyl sites for hydroxylation is 3. The van der Waals surface area contributed by atoms with E-state index in [1.807, 2.05) is 20.2 Å². The number of amides is 1. The van der Waals surface area contributed by atoms with Gasteiger partial charge in [-0.05, 0) is 13.0 Å². The van der Waals surface area contributed by atoms with Crippen molar-refractivity contribution in [3.63, 3.8) is 0 Å². The number of hydrogen-bond donors (Lipinski definition) is 1. The summed E-state index contributed by atoms with van der Waals surface area (Å²) < 4.78 is 3.13. The van der Waals surface area contributed by atoms with Crippen molar-refractivity contribution in [2.24, 2.45) is 7.05 Å². The van der Waals surface area contributed by atoms with Gasteiger partial charge in [0.25, 0.3) is 5.91 Å². The quantitative estimate of drug-likeness (QED) is 0.846. The molecular formula is C14H19N5O3. The maximum atomic E-state index is 12.5. The lowest BCUT2D eigenvalue weighted by atomic mass is 10.2. The third kappa shape index (κ3) is 3.51. The molecule has 0 aliphatic heterocycles. The summed E-state index contributed by atoms with van der Waals surface area (Å²) in [7, 11) is 3.53. The van der Waals surface area contributed by atoms with Gasteiger partial charge in [-0.1, -0.05) is 0 Å². The second-order valence-corrected chi connectivity index (χ2v) is 5.16. The molecule has 2 aromatic rings. The molecule has 0 spiro atoms. The van der Waals surface area contributed by atoms with Gasteiger partial charge in [-0.15, -0.1) is 0 Å². The highest BCUT2D eigenvalue weighted by Gasteiger charge is 2.18. The molecule has 0 aliphatic rings. The van der Waals surface area contributed by atoms with Crippen molar-refractivity contribution in [3.8, 4) is 0 Å². The summed E-state index contributed by atoms with van der Waals surface area (Å²) in [6.07, 6.45) is 3.30. The fourth-order valence-electron chi connectivity index (χ4n) is 2.22. The van der Waals surface area contributed by atoms with Gasteiger partial charge < -0.3 is 10.0 Å². The van der Waals surface area contributed by atoms with Crippen LogP contribution < -0.4 is 0 Å². The van der Waals surface area contributed by atoms with Gasteiger partial charge in [0.15, 0.2) is 0 Å². The predicted octanol–water partition coefficient (Wildman–Crippen LogP) is 0.672. The molecule has 0 saturated heterocycles. The molecular weight excluding hydrogens is 286 g/mol. The van der Waals surface area contributed by atoms with Crippen molar-refractivity contribution in [2.75, 3.05) is 7.05 Å². The van der Waals surface area contributed by atoms with Crippen LogP contribution in [0.1, 0.15) is 28.2 Å².